The molecule has 0 aliphatic carbocycles. The Labute approximate surface area is 126 Å². The molecule has 1 heterocycles. The Bertz CT molecular complexity index is 576. The van der Waals surface area contributed by atoms with Gasteiger partial charge in [-0.15, -0.1) is 0 Å². The van der Waals surface area contributed by atoms with E-state index < -0.39 is 0 Å². The van der Waals surface area contributed by atoms with Gasteiger partial charge in [-0.05, 0) is 58.3 Å². The van der Waals surface area contributed by atoms with E-state index >= 15 is 0 Å². The lowest BCUT2D eigenvalue weighted by Gasteiger charge is -2.43. The van der Waals surface area contributed by atoms with E-state index in [0.29, 0.717) is 0 Å². The predicted octanol–water partition coefficient (Wildman–Crippen LogP) is 3.51. The highest BCUT2D eigenvalue weighted by molar-refractivity contribution is 14.1. The van der Waals surface area contributed by atoms with Gasteiger partial charge in [0.15, 0.2) is 0 Å². The number of halogens is 2. The van der Waals surface area contributed by atoms with Crippen LogP contribution in [0.3, 0.4) is 0 Å². The summed E-state index contributed by atoms with van der Waals surface area (Å²) in [5.74, 6) is -0.0884. The molecular weight excluding hydrogens is 352 g/mol. The predicted molar refractivity (Wildman–Crippen MR) is 83.8 cm³/mol. The van der Waals surface area contributed by atoms with Gasteiger partial charge in [0.1, 0.15) is 5.82 Å². The summed E-state index contributed by atoms with van der Waals surface area (Å²) in [5.41, 5.74) is 2.02. The van der Waals surface area contributed by atoms with Crippen molar-refractivity contribution in [3.63, 3.8) is 0 Å². The van der Waals surface area contributed by atoms with E-state index in [4.69, 9.17) is 0 Å². The SMILES string of the molecule is Fc1ccccc1C1(Cc2ccc(I)cc2)CNC1. The van der Waals surface area contributed by atoms with Gasteiger partial charge in [-0.1, -0.05) is 30.3 Å². The lowest BCUT2D eigenvalue weighted by atomic mass is 9.71. The van der Waals surface area contributed by atoms with Crippen molar-refractivity contribution < 1.29 is 4.39 Å². The second kappa shape index (κ2) is 5.21. The van der Waals surface area contributed by atoms with Crippen LogP contribution in [0.25, 0.3) is 0 Å². The maximum atomic E-state index is 14.0. The number of hydrogen-bond donors (Lipinski definition) is 1. The molecule has 0 aromatic heterocycles. The van der Waals surface area contributed by atoms with E-state index in [2.05, 4.69) is 52.2 Å². The van der Waals surface area contributed by atoms with Gasteiger partial charge in [-0.2, -0.15) is 0 Å². The Morgan fingerprint density at radius 3 is 2.32 bits per heavy atom. The van der Waals surface area contributed by atoms with Crippen LogP contribution in [0.15, 0.2) is 48.5 Å². The quantitative estimate of drug-likeness (QED) is 0.819. The van der Waals surface area contributed by atoms with Gasteiger partial charge < -0.3 is 5.32 Å². The third kappa shape index (κ3) is 2.54. The summed E-state index contributed by atoms with van der Waals surface area (Å²) in [6, 6.07) is 15.7. The minimum absolute atomic E-state index is 0.0852. The smallest absolute Gasteiger partial charge is 0.127 e. The maximum Gasteiger partial charge on any atom is 0.127 e. The fraction of sp³-hybridized carbons (Fsp3) is 0.250. The fourth-order valence-corrected chi connectivity index (χ4v) is 3.08. The minimum atomic E-state index is -0.0884. The molecule has 0 atom stereocenters. The lowest BCUT2D eigenvalue weighted by molar-refractivity contribution is 0.266. The maximum absolute atomic E-state index is 14.0. The van der Waals surface area contributed by atoms with Crippen LogP contribution in [-0.2, 0) is 11.8 Å². The largest absolute Gasteiger partial charge is 0.315 e. The zero-order chi connectivity index (χ0) is 13.3. The molecule has 1 saturated heterocycles. The topological polar surface area (TPSA) is 12.0 Å². The van der Waals surface area contributed by atoms with Crippen molar-refractivity contribution in [1.29, 1.82) is 0 Å². The van der Waals surface area contributed by atoms with Gasteiger partial charge in [0, 0.05) is 22.1 Å². The molecule has 0 bridgehead atoms. The monoisotopic (exact) mass is 367 g/mol. The molecule has 2 aromatic rings. The zero-order valence-electron chi connectivity index (χ0n) is 10.5. The van der Waals surface area contributed by atoms with Gasteiger partial charge >= 0.3 is 0 Å². The lowest BCUT2D eigenvalue weighted by Crippen LogP contribution is -2.58. The second-order valence-corrected chi connectivity index (χ2v) is 6.41. The molecule has 19 heavy (non-hydrogen) atoms. The molecule has 1 aliphatic heterocycles. The molecule has 0 radical (unpaired) electrons. The van der Waals surface area contributed by atoms with E-state index in [1.54, 1.807) is 12.1 Å². The Morgan fingerprint density at radius 2 is 1.74 bits per heavy atom. The van der Waals surface area contributed by atoms with Crippen LogP contribution >= 0.6 is 22.6 Å². The molecule has 3 rings (SSSR count). The molecule has 3 heteroatoms. The zero-order valence-corrected chi connectivity index (χ0v) is 12.7. The van der Waals surface area contributed by atoms with Crippen molar-refractivity contribution in [2.75, 3.05) is 13.1 Å². The van der Waals surface area contributed by atoms with Crippen molar-refractivity contribution in [3.05, 3.63) is 69.0 Å². The third-order valence-electron chi connectivity index (χ3n) is 3.83. The van der Waals surface area contributed by atoms with Crippen LogP contribution in [0.5, 0.6) is 0 Å². The molecule has 1 aliphatic rings. The van der Waals surface area contributed by atoms with Crippen molar-refractivity contribution >= 4 is 22.6 Å². The highest BCUT2D eigenvalue weighted by Gasteiger charge is 2.40. The summed E-state index contributed by atoms with van der Waals surface area (Å²) in [5, 5.41) is 3.29. The first-order valence-corrected chi connectivity index (χ1v) is 7.48. The average molecular weight is 367 g/mol. The Kier molecular flexibility index (Phi) is 3.58. The van der Waals surface area contributed by atoms with Gasteiger partial charge in [-0.25, -0.2) is 4.39 Å². The third-order valence-corrected chi connectivity index (χ3v) is 4.55. The van der Waals surface area contributed by atoms with Crippen LogP contribution < -0.4 is 5.32 Å². The van der Waals surface area contributed by atoms with Crippen molar-refractivity contribution in [1.82, 2.24) is 5.32 Å². The fourth-order valence-electron chi connectivity index (χ4n) is 2.72. The van der Waals surface area contributed by atoms with Gasteiger partial charge in [0.25, 0.3) is 0 Å². The van der Waals surface area contributed by atoms with Gasteiger partial charge in [0.2, 0.25) is 0 Å². The molecule has 0 unspecified atom stereocenters. The van der Waals surface area contributed by atoms with Crippen molar-refractivity contribution in [2.24, 2.45) is 0 Å². The van der Waals surface area contributed by atoms with E-state index in [1.165, 1.54) is 9.13 Å². The Hall–Kier alpha value is -0.940. The summed E-state index contributed by atoms with van der Waals surface area (Å²) >= 11 is 2.30. The van der Waals surface area contributed by atoms with Crippen LogP contribution in [0.2, 0.25) is 0 Å². The van der Waals surface area contributed by atoms with E-state index in [9.17, 15) is 4.39 Å². The molecule has 0 spiro atoms. The summed E-state index contributed by atoms with van der Waals surface area (Å²) in [4.78, 5) is 0. The van der Waals surface area contributed by atoms with Crippen molar-refractivity contribution in [2.45, 2.75) is 11.8 Å². The summed E-state index contributed by atoms with van der Waals surface area (Å²) < 4.78 is 15.3. The molecular formula is C16H15FIN. The van der Waals surface area contributed by atoms with Crippen LogP contribution in [0.1, 0.15) is 11.1 Å². The molecule has 1 fully saturated rings. The Morgan fingerprint density at radius 1 is 1.05 bits per heavy atom. The van der Waals surface area contributed by atoms with Gasteiger partial charge in [0.05, 0.1) is 0 Å². The highest BCUT2D eigenvalue weighted by atomic mass is 127. The van der Waals surface area contributed by atoms with E-state index in [-0.39, 0.29) is 11.2 Å². The summed E-state index contributed by atoms with van der Waals surface area (Å²) in [6.45, 7) is 1.69. The van der Waals surface area contributed by atoms with Gasteiger partial charge in [-0.3, -0.25) is 0 Å². The minimum Gasteiger partial charge on any atom is -0.315 e. The molecule has 1 N–H and O–H groups in total. The highest BCUT2D eigenvalue weighted by Crippen LogP contribution is 2.34. The first kappa shape index (κ1) is 13.1. The molecule has 0 amide bonds. The standard InChI is InChI=1S/C16H15FIN/c17-15-4-2-1-3-14(15)16(10-19-11-16)9-12-5-7-13(18)8-6-12/h1-8,19H,9-11H2. The van der Waals surface area contributed by atoms with E-state index in [0.717, 1.165) is 25.1 Å². The number of rotatable bonds is 3. The number of hydrogen-bond acceptors (Lipinski definition) is 1. The first-order valence-electron chi connectivity index (χ1n) is 6.40. The summed E-state index contributed by atoms with van der Waals surface area (Å²) in [7, 11) is 0. The first-order chi connectivity index (χ1) is 9.20. The molecule has 2 aromatic carbocycles. The van der Waals surface area contributed by atoms with Crippen LogP contribution in [0.4, 0.5) is 4.39 Å². The van der Waals surface area contributed by atoms with Crippen molar-refractivity contribution in [3.8, 4) is 0 Å². The molecule has 1 nitrogen and oxygen atoms in total. The normalized spacial score (nSPS) is 16.9. The number of benzene rings is 2. The molecule has 98 valence electrons. The van der Waals surface area contributed by atoms with E-state index in [1.807, 2.05) is 12.1 Å². The Balaban J connectivity index is 1.92. The van der Waals surface area contributed by atoms with Crippen LogP contribution in [0, 0.1) is 9.39 Å². The second-order valence-electron chi connectivity index (χ2n) is 5.17. The van der Waals surface area contributed by atoms with Crippen LogP contribution in [-0.4, -0.2) is 13.1 Å². The average Bonchev–Trinajstić information content (AvgIpc) is 2.37. The molecule has 0 saturated carbocycles. The number of nitrogens with one attached hydrogen (secondary N) is 1. The summed E-state index contributed by atoms with van der Waals surface area (Å²) in [6.07, 6.45) is 0.887.